The predicted molar refractivity (Wildman–Crippen MR) is 81.4 cm³/mol. The maximum atomic E-state index is 13.2. The lowest BCUT2D eigenvalue weighted by Gasteiger charge is -2.04. The number of halogens is 3. The van der Waals surface area contributed by atoms with E-state index in [0.29, 0.717) is 5.56 Å². The lowest BCUT2D eigenvalue weighted by molar-refractivity contribution is 0.0518. The van der Waals surface area contributed by atoms with Crippen LogP contribution < -0.4 is 0 Å². The van der Waals surface area contributed by atoms with E-state index in [9.17, 15) is 13.6 Å². The molecule has 0 aliphatic rings. The molecule has 0 saturated heterocycles. The molecule has 0 N–H and O–H groups in total. The third kappa shape index (κ3) is 3.48. The van der Waals surface area contributed by atoms with Crippen molar-refractivity contribution in [2.24, 2.45) is 0 Å². The molecule has 1 aromatic carbocycles. The number of carbonyl (C=O) groups excluding carboxylic acids is 1. The number of benzene rings is 1. The van der Waals surface area contributed by atoms with Crippen molar-refractivity contribution in [1.29, 1.82) is 0 Å². The van der Waals surface area contributed by atoms with Gasteiger partial charge in [0.05, 0.1) is 18.7 Å². The summed E-state index contributed by atoms with van der Waals surface area (Å²) in [6.07, 6.45) is 0. The van der Waals surface area contributed by atoms with Crippen molar-refractivity contribution in [2.45, 2.75) is 13.5 Å². The van der Waals surface area contributed by atoms with Crippen LogP contribution in [0.1, 0.15) is 28.5 Å². The maximum Gasteiger partial charge on any atom is 0.359 e. The molecular formula is C14H11ClF2N2O2S. The monoisotopic (exact) mass is 344 g/mol. The van der Waals surface area contributed by atoms with Crippen molar-refractivity contribution >= 4 is 35.2 Å². The van der Waals surface area contributed by atoms with Gasteiger partial charge in [-0.25, -0.2) is 18.3 Å². The molecule has 0 fully saturated rings. The molecule has 0 saturated carbocycles. The van der Waals surface area contributed by atoms with E-state index in [1.54, 1.807) is 6.92 Å². The van der Waals surface area contributed by atoms with Crippen LogP contribution in [0, 0.1) is 11.6 Å². The van der Waals surface area contributed by atoms with Crippen LogP contribution in [-0.4, -0.2) is 27.7 Å². The van der Waals surface area contributed by atoms with Gasteiger partial charge in [0.2, 0.25) is 0 Å². The van der Waals surface area contributed by atoms with Crippen molar-refractivity contribution in [1.82, 2.24) is 9.78 Å². The van der Waals surface area contributed by atoms with E-state index in [4.69, 9.17) is 28.6 Å². The van der Waals surface area contributed by atoms with Gasteiger partial charge in [-0.15, -0.1) is 0 Å². The number of hydrogen-bond acceptors (Lipinski definition) is 4. The lowest BCUT2D eigenvalue weighted by atomic mass is 10.2. The fourth-order valence-corrected chi connectivity index (χ4v) is 2.42. The minimum absolute atomic E-state index is 0.0108. The van der Waals surface area contributed by atoms with Gasteiger partial charge in [0.25, 0.3) is 0 Å². The fraction of sp³-hybridized carbons (Fsp3) is 0.214. The Hall–Kier alpha value is -1.86. The van der Waals surface area contributed by atoms with Crippen LogP contribution in [0.15, 0.2) is 18.2 Å². The van der Waals surface area contributed by atoms with Gasteiger partial charge in [-0.05, 0) is 24.6 Å². The van der Waals surface area contributed by atoms with Gasteiger partial charge in [0, 0.05) is 11.4 Å². The zero-order valence-electron chi connectivity index (χ0n) is 11.5. The van der Waals surface area contributed by atoms with E-state index in [1.807, 2.05) is 0 Å². The minimum Gasteiger partial charge on any atom is -0.461 e. The Balaban J connectivity index is 2.39. The van der Waals surface area contributed by atoms with Crippen molar-refractivity contribution in [2.75, 3.05) is 6.61 Å². The molecule has 0 aliphatic heterocycles. The first-order valence-electron chi connectivity index (χ1n) is 6.29. The quantitative estimate of drug-likeness (QED) is 0.616. The Bertz CT molecular complexity index is 714. The number of aromatic nitrogens is 2. The smallest absolute Gasteiger partial charge is 0.359 e. The Kier molecular flexibility index (Phi) is 5.20. The van der Waals surface area contributed by atoms with Gasteiger partial charge in [-0.3, -0.25) is 0 Å². The summed E-state index contributed by atoms with van der Waals surface area (Å²) in [5, 5.41) is 5.33. The van der Waals surface area contributed by atoms with E-state index in [1.165, 1.54) is 10.0 Å². The van der Waals surface area contributed by atoms with E-state index < -0.39 is 17.6 Å². The SMILES string of the molecule is CCOC(=O)c1nn(Cc2cc(F)cc(F)c2)c(Cl)c1C=S. The van der Waals surface area contributed by atoms with Crippen LogP contribution in [0.25, 0.3) is 0 Å². The number of thiocarbonyl (C=S) groups is 1. The summed E-state index contributed by atoms with van der Waals surface area (Å²) >= 11 is 10.9. The average Bonchev–Trinajstić information content (AvgIpc) is 2.74. The molecule has 2 aromatic rings. The molecule has 0 amide bonds. The average molecular weight is 345 g/mol. The molecule has 4 nitrogen and oxygen atoms in total. The van der Waals surface area contributed by atoms with Crippen molar-refractivity contribution in [3.05, 3.63) is 51.8 Å². The second-order valence-electron chi connectivity index (χ2n) is 4.33. The molecule has 0 unspecified atom stereocenters. The highest BCUT2D eigenvalue weighted by molar-refractivity contribution is 7.79. The number of carbonyl (C=O) groups is 1. The van der Waals surface area contributed by atoms with Crippen molar-refractivity contribution in [3.63, 3.8) is 0 Å². The maximum absolute atomic E-state index is 13.2. The molecule has 0 bridgehead atoms. The molecular weight excluding hydrogens is 334 g/mol. The largest absolute Gasteiger partial charge is 0.461 e. The van der Waals surface area contributed by atoms with Gasteiger partial charge >= 0.3 is 5.97 Å². The summed E-state index contributed by atoms with van der Waals surface area (Å²) < 4.78 is 32.5. The van der Waals surface area contributed by atoms with Crippen LogP contribution >= 0.6 is 23.8 Å². The highest BCUT2D eigenvalue weighted by Crippen LogP contribution is 2.21. The van der Waals surface area contributed by atoms with Gasteiger partial charge in [0.1, 0.15) is 16.8 Å². The van der Waals surface area contributed by atoms with Gasteiger partial charge in [-0.2, -0.15) is 5.10 Å². The zero-order chi connectivity index (χ0) is 16.3. The fourth-order valence-electron chi connectivity index (χ4n) is 1.89. The van der Waals surface area contributed by atoms with Gasteiger partial charge in [-0.1, -0.05) is 23.8 Å². The highest BCUT2D eigenvalue weighted by atomic mass is 35.5. The second-order valence-corrected chi connectivity index (χ2v) is 4.92. The number of hydrogen-bond donors (Lipinski definition) is 0. The third-order valence-electron chi connectivity index (χ3n) is 2.77. The van der Waals surface area contributed by atoms with Crippen LogP contribution in [-0.2, 0) is 11.3 Å². The molecule has 0 aliphatic carbocycles. The van der Waals surface area contributed by atoms with E-state index in [2.05, 4.69) is 5.10 Å². The first-order chi connectivity index (χ1) is 10.5. The summed E-state index contributed by atoms with van der Waals surface area (Å²) in [5.74, 6) is -2.08. The summed E-state index contributed by atoms with van der Waals surface area (Å²) in [6.45, 7) is 1.82. The molecule has 116 valence electrons. The first-order valence-corrected chi connectivity index (χ1v) is 7.14. The molecule has 22 heavy (non-hydrogen) atoms. The zero-order valence-corrected chi connectivity index (χ0v) is 13.0. The third-order valence-corrected chi connectivity index (χ3v) is 3.40. The number of nitrogens with zero attached hydrogens (tertiary/aromatic N) is 2. The van der Waals surface area contributed by atoms with Crippen LogP contribution in [0.3, 0.4) is 0 Å². The number of esters is 1. The molecule has 0 atom stereocenters. The van der Waals surface area contributed by atoms with E-state index in [-0.39, 0.29) is 29.6 Å². The van der Waals surface area contributed by atoms with Crippen LogP contribution in [0.4, 0.5) is 8.78 Å². The Morgan fingerprint density at radius 2 is 2.05 bits per heavy atom. The summed E-state index contributed by atoms with van der Waals surface area (Å²) in [4.78, 5) is 11.8. The summed E-state index contributed by atoms with van der Waals surface area (Å²) in [6, 6.07) is 3.07. The van der Waals surface area contributed by atoms with Crippen LogP contribution in [0.2, 0.25) is 5.15 Å². The van der Waals surface area contributed by atoms with Crippen molar-refractivity contribution in [3.8, 4) is 0 Å². The Labute approximate surface area is 135 Å². The Morgan fingerprint density at radius 1 is 1.41 bits per heavy atom. The van der Waals surface area contributed by atoms with Gasteiger partial charge in [0.15, 0.2) is 5.69 Å². The van der Waals surface area contributed by atoms with Crippen LogP contribution in [0.5, 0.6) is 0 Å². The summed E-state index contributed by atoms with van der Waals surface area (Å²) in [5.41, 5.74) is 0.527. The van der Waals surface area contributed by atoms with Gasteiger partial charge < -0.3 is 4.74 Å². The standard InChI is InChI=1S/C14H11ClF2N2O2S/c1-2-21-14(20)12-11(7-22)13(15)19(18-12)6-8-3-9(16)5-10(17)4-8/h3-5,7H,2,6H2,1H3. The number of rotatable bonds is 5. The molecule has 2 rings (SSSR count). The lowest BCUT2D eigenvalue weighted by Crippen LogP contribution is -2.09. The molecule has 0 radical (unpaired) electrons. The topological polar surface area (TPSA) is 44.1 Å². The molecule has 0 spiro atoms. The normalized spacial score (nSPS) is 10.5. The second kappa shape index (κ2) is 6.93. The highest BCUT2D eigenvalue weighted by Gasteiger charge is 2.21. The molecule has 1 heterocycles. The Morgan fingerprint density at radius 3 is 2.59 bits per heavy atom. The predicted octanol–water partition coefficient (Wildman–Crippen LogP) is 3.39. The minimum atomic E-state index is -0.709. The summed E-state index contributed by atoms with van der Waals surface area (Å²) in [7, 11) is 0. The van der Waals surface area contributed by atoms with Crippen molar-refractivity contribution < 1.29 is 18.3 Å². The number of ether oxygens (including phenoxy) is 1. The van der Waals surface area contributed by atoms with E-state index >= 15 is 0 Å². The first kappa shape index (κ1) is 16.5. The molecule has 8 heteroatoms. The van der Waals surface area contributed by atoms with E-state index in [0.717, 1.165) is 18.2 Å². The molecule has 1 aromatic heterocycles.